The van der Waals surface area contributed by atoms with E-state index in [1.165, 1.54) is 0 Å². The maximum atomic E-state index is 12.5. The van der Waals surface area contributed by atoms with Crippen LogP contribution in [0, 0.1) is 10.1 Å². The van der Waals surface area contributed by atoms with Gasteiger partial charge < -0.3 is 9.84 Å². The van der Waals surface area contributed by atoms with Gasteiger partial charge in [0.15, 0.2) is 5.69 Å². The molecule has 0 aliphatic heterocycles. The number of ether oxygens (including phenoxy) is 1. The molecule has 0 amide bonds. The van der Waals surface area contributed by atoms with Gasteiger partial charge in [0.1, 0.15) is 5.56 Å². The topological polar surface area (TPSA) is 103 Å². The lowest BCUT2D eigenvalue weighted by Crippen LogP contribution is -2.21. The Morgan fingerprint density at radius 1 is 1.45 bits per heavy atom. The number of carboxylic acids is 1. The molecule has 0 atom stereocenters. The molecule has 12 heteroatoms. The van der Waals surface area contributed by atoms with Crippen LogP contribution in [-0.2, 0) is 0 Å². The lowest BCUT2D eigenvalue weighted by molar-refractivity contribution is -0.390. The molecule has 20 heavy (non-hydrogen) atoms. The standard InChI is InChI=1S/C8H3F5N2O5/c9-6(10)2-1-14-3(7(16)17)5(4(2)15(18)19)20-8(11,12)13/h1,6H,(H,16,17). The van der Waals surface area contributed by atoms with E-state index in [9.17, 15) is 36.9 Å². The van der Waals surface area contributed by atoms with Crippen LogP contribution in [-0.4, -0.2) is 27.3 Å². The lowest BCUT2D eigenvalue weighted by atomic mass is 10.2. The normalized spacial score (nSPS) is 11.5. The molecule has 0 unspecified atom stereocenters. The second-order valence-electron chi connectivity index (χ2n) is 3.15. The molecule has 0 bridgehead atoms. The van der Waals surface area contributed by atoms with Crippen LogP contribution in [0.2, 0.25) is 0 Å². The Kier molecular flexibility index (Phi) is 4.06. The molecular formula is C8H3F5N2O5. The maximum Gasteiger partial charge on any atom is 0.573 e. The van der Waals surface area contributed by atoms with Crippen LogP contribution in [0.3, 0.4) is 0 Å². The van der Waals surface area contributed by atoms with Gasteiger partial charge in [0.25, 0.3) is 6.43 Å². The van der Waals surface area contributed by atoms with Crippen molar-refractivity contribution in [2.45, 2.75) is 12.8 Å². The SMILES string of the molecule is O=C(O)c1ncc(C(F)F)c([N+](=O)[O-])c1OC(F)(F)F. The first-order chi connectivity index (χ1) is 9.04. The van der Waals surface area contributed by atoms with Crippen molar-refractivity contribution in [2.75, 3.05) is 0 Å². The fourth-order valence-corrected chi connectivity index (χ4v) is 1.21. The summed E-state index contributed by atoms with van der Waals surface area (Å²) in [4.78, 5) is 22.5. The number of nitrogens with zero attached hydrogens (tertiary/aromatic N) is 2. The molecule has 1 heterocycles. The van der Waals surface area contributed by atoms with E-state index in [4.69, 9.17) is 5.11 Å². The highest BCUT2D eigenvalue weighted by Gasteiger charge is 2.40. The van der Waals surface area contributed by atoms with E-state index in [0.717, 1.165) is 0 Å². The number of pyridine rings is 1. The molecule has 0 saturated carbocycles. The van der Waals surface area contributed by atoms with E-state index in [-0.39, 0.29) is 6.20 Å². The number of aromatic carboxylic acids is 1. The number of carbonyl (C=O) groups is 1. The van der Waals surface area contributed by atoms with Gasteiger partial charge in [-0.3, -0.25) is 10.1 Å². The zero-order valence-corrected chi connectivity index (χ0v) is 9.02. The van der Waals surface area contributed by atoms with E-state index in [2.05, 4.69) is 9.72 Å². The van der Waals surface area contributed by atoms with Gasteiger partial charge in [0, 0.05) is 6.20 Å². The predicted octanol–water partition coefficient (Wildman–Crippen LogP) is 2.52. The number of hydrogen-bond donors (Lipinski definition) is 1. The number of nitro groups is 1. The third-order valence-electron chi connectivity index (χ3n) is 1.87. The van der Waals surface area contributed by atoms with Gasteiger partial charge in [-0.05, 0) is 0 Å². The van der Waals surface area contributed by atoms with Crippen LogP contribution in [0.5, 0.6) is 5.75 Å². The Bertz CT molecular complexity index is 559. The number of carboxylic acid groups (broad SMARTS) is 1. The number of halogens is 5. The molecule has 0 aliphatic rings. The van der Waals surface area contributed by atoms with Gasteiger partial charge in [-0.1, -0.05) is 0 Å². The van der Waals surface area contributed by atoms with E-state index in [0.29, 0.717) is 0 Å². The summed E-state index contributed by atoms with van der Waals surface area (Å²) in [6.45, 7) is 0. The van der Waals surface area contributed by atoms with Crippen LogP contribution >= 0.6 is 0 Å². The number of aromatic nitrogens is 1. The summed E-state index contributed by atoms with van der Waals surface area (Å²) in [6.07, 6.45) is -8.95. The van der Waals surface area contributed by atoms with Crippen molar-refractivity contribution in [3.63, 3.8) is 0 Å². The number of rotatable bonds is 4. The molecule has 0 fully saturated rings. The summed E-state index contributed by atoms with van der Waals surface area (Å²) in [6, 6.07) is 0. The number of hydrogen-bond acceptors (Lipinski definition) is 5. The second kappa shape index (κ2) is 5.22. The summed E-state index contributed by atoms with van der Waals surface area (Å²) < 4.78 is 64.5. The molecule has 0 aromatic carbocycles. The molecule has 0 spiro atoms. The molecular weight excluding hydrogens is 299 g/mol. The van der Waals surface area contributed by atoms with E-state index in [1.807, 2.05) is 0 Å². The van der Waals surface area contributed by atoms with Gasteiger partial charge >= 0.3 is 18.0 Å². The van der Waals surface area contributed by atoms with Crippen molar-refractivity contribution in [1.29, 1.82) is 0 Å². The van der Waals surface area contributed by atoms with Crippen molar-refractivity contribution >= 4 is 11.7 Å². The van der Waals surface area contributed by atoms with E-state index >= 15 is 0 Å². The minimum atomic E-state index is -5.52. The molecule has 0 aliphatic carbocycles. The van der Waals surface area contributed by atoms with Crippen LogP contribution < -0.4 is 4.74 Å². The molecule has 7 nitrogen and oxygen atoms in total. The van der Waals surface area contributed by atoms with Crippen molar-refractivity contribution < 1.29 is 41.5 Å². The minimum absolute atomic E-state index is 0.107. The fourth-order valence-electron chi connectivity index (χ4n) is 1.21. The van der Waals surface area contributed by atoms with Crippen molar-refractivity contribution in [3.05, 3.63) is 27.6 Å². The van der Waals surface area contributed by atoms with Gasteiger partial charge in [-0.2, -0.15) is 0 Å². The summed E-state index contributed by atoms with van der Waals surface area (Å²) in [5.41, 5.74) is -4.79. The smallest absolute Gasteiger partial charge is 0.476 e. The first-order valence-corrected chi connectivity index (χ1v) is 4.49. The average molecular weight is 302 g/mol. The van der Waals surface area contributed by atoms with Crippen molar-refractivity contribution in [2.24, 2.45) is 0 Å². The summed E-state index contributed by atoms with van der Waals surface area (Å²) in [7, 11) is 0. The van der Waals surface area contributed by atoms with Crippen LogP contribution in [0.1, 0.15) is 22.5 Å². The minimum Gasteiger partial charge on any atom is -0.476 e. The molecule has 0 saturated heterocycles. The molecule has 1 rings (SSSR count). The Balaban J connectivity index is 3.65. The quantitative estimate of drug-likeness (QED) is 0.521. The highest BCUT2D eigenvalue weighted by molar-refractivity contribution is 5.90. The summed E-state index contributed by atoms with van der Waals surface area (Å²) in [5.74, 6) is -4.00. The molecule has 0 radical (unpaired) electrons. The highest BCUT2D eigenvalue weighted by Crippen LogP contribution is 2.40. The fraction of sp³-hybridized carbons (Fsp3) is 0.250. The Labute approximate surface area is 105 Å². The maximum absolute atomic E-state index is 12.5. The largest absolute Gasteiger partial charge is 0.573 e. The van der Waals surface area contributed by atoms with E-state index in [1.54, 1.807) is 0 Å². The molecule has 110 valence electrons. The van der Waals surface area contributed by atoms with Gasteiger partial charge in [-0.25, -0.2) is 18.6 Å². The Morgan fingerprint density at radius 3 is 2.35 bits per heavy atom. The third-order valence-corrected chi connectivity index (χ3v) is 1.87. The average Bonchev–Trinajstić information content (AvgIpc) is 2.24. The monoisotopic (exact) mass is 302 g/mol. The highest BCUT2D eigenvalue weighted by atomic mass is 19.4. The second-order valence-corrected chi connectivity index (χ2v) is 3.15. The van der Waals surface area contributed by atoms with E-state index < -0.39 is 46.4 Å². The van der Waals surface area contributed by atoms with Crippen molar-refractivity contribution in [1.82, 2.24) is 4.98 Å². The zero-order chi connectivity index (χ0) is 15.7. The lowest BCUT2D eigenvalue weighted by Gasteiger charge is -2.12. The number of alkyl halides is 5. The zero-order valence-electron chi connectivity index (χ0n) is 9.02. The van der Waals surface area contributed by atoms with Gasteiger partial charge in [0.05, 0.1) is 4.92 Å². The first kappa shape index (κ1) is 15.5. The Hall–Kier alpha value is -2.53. The van der Waals surface area contributed by atoms with Gasteiger partial charge in [0.2, 0.25) is 5.75 Å². The van der Waals surface area contributed by atoms with Crippen LogP contribution in [0.25, 0.3) is 0 Å². The van der Waals surface area contributed by atoms with Gasteiger partial charge in [-0.15, -0.1) is 13.2 Å². The summed E-state index contributed by atoms with van der Waals surface area (Å²) >= 11 is 0. The van der Waals surface area contributed by atoms with Crippen LogP contribution in [0.15, 0.2) is 6.20 Å². The first-order valence-electron chi connectivity index (χ1n) is 4.49. The van der Waals surface area contributed by atoms with Crippen LogP contribution in [0.4, 0.5) is 27.6 Å². The molecule has 1 N–H and O–H groups in total. The molecule has 1 aromatic heterocycles. The Morgan fingerprint density at radius 2 is 2.00 bits per heavy atom. The molecule has 1 aromatic rings. The van der Waals surface area contributed by atoms with Crippen molar-refractivity contribution in [3.8, 4) is 5.75 Å². The third kappa shape index (κ3) is 3.27. The predicted molar refractivity (Wildman–Crippen MR) is 49.5 cm³/mol. The summed E-state index contributed by atoms with van der Waals surface area (Å²) in [5, 5.41) is 19.2.